The van der Waals surface area contributed by atoms with Crippen molar-refractivity contribution in [3.63, 3.8) is 0 Å². The van der Waals surface area contributed by atoms with Gasteiger partial charge in [-0.2, -0.15) is 10.4 Å². The van der Waals surface area contributed by atoms with Gasteiger partial charge in [-0.3, -0.25) is 4.79 Å². The van der Waals surface area contributed by atoms with Crippen molar-refractivity contribution >= 4 is 29.1 Å². The van der Waals surface area contributed by atoms with Gasteiger partial charge in [-0.1, -0.05) is 23.9 Å². The number of thioether (sulfide) groups is 1. The van der Waals surface area contributed by atoms with E-state index in [1.807, 2.05) is 36.4 Å². The van der Waals surface area contributed by atoms with Crippen molar-refractivity contribution in [2.24, 2.45) is 10.2 Å². The van der Waals surface area contributed by atoms with Gasteiger partial charge >= 0.3 is 0 Å². The molecule has 1 aliphatic rings. The van der Waals surface area contributed by atoms with Crippen LogP contribution in [-0.4, -0.2) is 23.0 Å². The fourth-order valence-electron chi connectivity index (χ4n) is 2.02. The molecule has 0 aromatic heterocycles. The highest BCUT2D eigenvalue weighted by molar-refractivity contribution is 8.15. The number of nitrogens with one attached hydrogen (secondary N) is 1. The minimum Gasteiger partial charge on any atom is -0.489 e. The summed E-state index contributed by atoms with van der Waals surface area (Å²) in [6, 6.07) is 16.8. The second-order valence-electron chi connectivity index (χ2n) is 5.15. The molecule has 0 aliphatic carbocycles. The molecule has 1 heterocycles. The number of amidine groups is 1. The van der Waals surface area contributed by atoms with Crippen molar-refractivity contribution in [2.45, 2.75) is 6.61 Å². The summed E-state index contributed by atoms with van der Waals surface area (Å²) in [6.45, 7) is 0.434. The van der Waals surface area contributed by atoms with E-state index in [-0.39, 0.29) is 5.91 Å². The molecule has 0 saturated carbocycles. The van der Waals surface area contributed by atoms with Crippen LogP contribution in [0.25, 0.3) is 0 Å². The number of hydrogen-bond donors (Lipinski definition) is 1. The first kappa shape index (κ1) is 16.7. The summed E-state index contributed by atoms with van der Waals surface area (Å²) in [5.41, 5.74) is 2.51. The third kappa shape index (κ3) is 4.93. The van der Waals surface area contributed by atoms with E-state index >= 15 is 0 Å². The number of hydrogen-bond acceptors (Lipinski definition) is 6. The van der Waals surface area contributed by atoms with E-state index < -0.39 is 0 Å². The summed E-state index contributed by atoms with van der Waals surface area (Å²) in [6.07, 6.45) is 1.61. The molecule has 7 heteroatoms. The van der Waals surface area contributed by atoms with Gasteiger partial charge in [0.2, 0.25) is 5.91 Å². The van der Waals surface area contributed by atoms with Crippen LogP contribution in [0.2, 0.25) is 0 Å². The largest absolute Gasteiger partial charge is 0.489 e. The molecule has 25 heavy (non-hydrogen) atoms. The van der Waals surface area contributed by atoms with Gasteiger partial charge in [0, 0.05) is 0 Å². The SMILES string of the molecule is N#Cc1ccc(COc2ccc(C=NN=C3NC(=O)CS3)cc2)cc1. The Hall–Kier alpha value is -3.11. The smallest absolute Gasteiger partial charge is 0.236 e. The molecule has 3 rings (SSSR count). The number of benzene rings is 2. The van der Waals surface area contributed by atoms with Crippen LogP contribution in [-0.2, 0) is 11.4 Å². The van der Waals surface area contributed by atoms with Gasteiger partial charge in [0.1, 0.15) is 12.4 Å². The first-order chi connectivity index (χ1) is 12.2. The molecule has 1 saturated heterocycles. The average molecular weight is 350 g/mol. The van der Waals surface area contributed by atoms with Gasteiger partial charge in [-0.15, -0.1) is 5.10 Å². The van der Waals surface area contributed by atoms with Gasteiger partial charge in [0.15, 0.2) is 5.17 Å². The van der Waals surface area contributed by atoms with E-state index in [0.29, 0.717) is 23.1 Å². The molecular formula is C18H14N4O2S. The second-order valence-corrected chi connectivity index (χ2v) is 6.12. The molecule has 0 unspecified atom stereocenters. The van der Waals surface area contributed by atoms with Crippen LogP contribution in [0, 0.1) is 11.3 Å². The fourth-order valence-corrected chi connectivity index (χ4v) is 2.65. The van der Waals surface area contributed by atoms with E-state index in [1.54, 1.807) is 18.3 Å². The molecule has 1 amide bonds. The molecule has 1 aliphatic heterocycles. The zero-order valence-electron chi connectivity index (χ0n) is 13.2. The molecule has 6 nitrogen and oxygen atoms in total. The van der Waals surface area contributed by atoms with Gasteiger partial charge in [-0.05, 0) is 47.5 Å². The van der Waals surface area contributed by atoms with Crippen molar-refractivity contribution in [1.29, 1.82) is 5.26 Å². The van der Waals surface area contributed by atoms with Crippen LogP contribution in [0.5, 0.6) is 5.75 Å². The average Bonchev–Trinajstić information content (AvgIpc) is 3.07. The predicted octanol–water partition coefficient (Wildman–Crippen LogP) is 2.69. The van der Waals surface area contributed by atoms with Crippen molar-refractivity contribution in [2.75, 3.05) is 5.75 Å². The highest BCUT2D eigenvalue weighted by atomic mass is 32.2. The van der Waals surface area contributed by atoms with Gasteiger partial charge in [-0.25, -0.2) is 0 Å². The van der Waals surface area contributed by atoms with E-state index in [0.717, 1.165) is 16.9 Å². The molecule has 124 valence electrons. The molecule has 2 aromatic carbocycles. The summed E-state index contributed by atoms with van der Waals surface area (Å²) in [5, 5.41) is 19.8. The Kier molecular flexibility index (Phi) is 5.44. The van der Waals surface area contributed by atoms with Crippen molar-refractivity contribution < 1.29 is 9.53 Å². The molecule has 0 spiro atoms. The number of carbonyl (C=O) groups is 1. The normalized spacial score (nSPS) is 15.3. The molecule has 0 bridgehead atoms. The number of nitrogens with zero attached hydrogens (tertiary/aromatic N) is 3. The number of nitriles is 1. The lowest BCUT2D eigenvalue weighted by atomic mass is 10.1. The Bertz CT molecular complexity index is 852. The zero-order valence-corrected chi connectivity index (χ0v) is 14.0. The molecule has 1 fully saturated rings. The molecular weight excluding hydrogens is 336 g/mol. The Balaban J connectivity index is 1.53. The topological polar surface area (TPSA) is 86.8 Å². The lowest BCUT2D eigenvalue weighted by molar-refractivity contribution is -0.116. The quantitative estimate of drug-likeness (QED) is 0.663. The van der Waals surface area contributed by atoms with E-state index in [9.17, 15) is 4.79 Å². The minimum atomic E-state index is -0.0530. The lowest BCUT2D eigenvalue weighted by Crippen LogP contribution is -2.19. The number of amides is 1. The highest BCUT2D eigenvalue weighted by Crippen LogP contribution is 2.14. The first-order valence-corrected chi connectivity index (χ1v) is 8.47. The third-order valence-electron chi connectivity index (χ3n) is 3.31. The van der Waals surface area contributed by atoms with Crippen molar-refractivity contribution in [1.82, 2.24) is 5.32 Å². The predicted molar refractivity (Wildman–Crippen MR) is 97.6 cm³/mol. The number of carbonyl (C=O) groups excluding carboxylic acids is 1. The molecule has 0 radical (unpaired) electrons. The Morgan fingerprint density at radius 3 is 2.60 bits per heavy atom. The maximum absolute atomic E-state index is 11.0. The summed E-state index contributed by atoms with van der Waals surface area (Å²) < 4.78 is 5.71. The maximum Gasteiger partial charge on any atom is 0.236 e. The first-order valence-electron chi connectivity index (χ1n) is 7.48. The summed E-state index contributed by atoms with van der Waals surface area (Å²) >= 11 is 1.33. The summed E-state index contributed by atoms with van der Waals surface area (Å²) in [4.78, 5) is 11.0. The van der Waals surface area contributed by atoms with Gasteiger partial charge < -0.3 is 10.1 Å². The second kappa shape index (κ2) is 8.13. The monoisotopic (exact) mass is 350 g/mol. The maximum atomic E-state index is 11.0. The molecule has 2 aromatic rings. The standard InChI is InChI=1S/C18H14N4O2S/c19-9-13-1-3-15(4-2-13)11-24-16-7-5-14(6-8-16)10-20-22-18-21-17(23)12-25-18/h1-8,10H,11-12H2,(H,21,22,23). The van der Waals surface area contributed by atoms with Crippen LogP contribution in [0.1, 0.15) is 16.7 Å². The number of rotatable bonds is 5. The fraction of sp³-hybridized carbons (Fsp3) is 0.111. The van der Waals surface area contributed by atoms with E-state index in [1.165, 1.54) is 11.8 Å². The van der Waals surface area contributed by atoms with Gasteiger partial charge in [0.25, 0.3) is 0 Å². The van der Waals surface area contributed by atoms with Crippen molar-refractivity contribution in [3.05, 3.63) is 65.2 Å². The molecule has 0 atom stereocenters. The lowest BCUT2D eigenvalue weighted by Gasteiger charge is -2.06. The van der Waals surface area contributed by atoms with Crippen molar-refractivity contribution in [3.8, 4) is 11.8 Å². The molecule has 1 N–H and O–H groups in total. The summed E-state index contributed by atoms with van der Waals surface area (Å²) in [5.74, 6) is 1.08. The van der Waals surface area contributed by atoms with Gasteiger partial charge in [0.05, 0.1) is 23.6 Å². The number of ether oxygens (including phenoxy) is 1. The third-order valence-corrected chi connectivity index (χ3v) is 4.17. The minimum absolute atomic E-state index is 0.0530. The zero-order chi connectivity index (χ0) is 17.5. The van der Waals surface area contributed by atoms with Crippen LogP contribution in [0.15, 0.2) is 58.7 Å². The Labute approximate surface area is 149 Å². The Morgan fingerprint density at radius 1 is 1.20 bits per heavy atom. The van der Waals surface area contributed by atoms with Crippen LogP contribution in [0.4, 0.5) is 0 Å². The van der Waals surface area contributed by atoms with Crippen LogP contribution in [0.3, 0.4) is 0 Å². The van der Waals surface area contributed by atoms with Crippen LogP contribution < -0.4 is 10.1 Å². The van der Waals surface area contributed by atoms with E-state index in [4.69, 9.17) is 10.00 Å². The Morgan fingerprint density at radius 2 is 1.96 bits per heavy atom. The highest BCUT2D eigenvalue weighted by Gasteiger charge is 2.15. The van der Waals surface area contributed by atoms with E-state index in [2.05, 4.69) is 21.6 Å². The summed E-state index contributed by atoms with van der Waals surface area (Å²) in [7, 11) is 0. The van der Waals surface area contributed by atoms with Crippen LogP contribution >= 0.6 is 11.8 Å².